The van der Waals surface area contributed by atoms with Crippen LogP contribution in [0.5, 0.6) is 0 Å². The predicted octanol–water partition coefficient (Wildman–Crippen LogP) is 4.53. The fourth-order valence-electron chi connectivity index (χ4n) is 5.30. The van der Waals surface area contributed by atoms with Crippen LogP contribution in [0, 0.1) is 12.8 Å². The summed E-state index contributed by atoms with van der Waals surface area (Å²) in [6, 6.07) is 0. The van der Waals surface area contributed by atoms with Gasteiger partial charge in [-0.3, -0.25) is 9.36 Å². The second-order valence-corrected chi connectivity index (χ2v) is 12.6. The van der Waals surface area contributed by atoms with Gasteiger partial charge in [0.05, 0.1) is 24.5 Å². The van der Waals surface area contributed by atoms with Crippen molar-refractivity contribution in [3.8, 4) is 11.4 Å². The second kappa shape index (κ2) is 9.72. The van der Waals surface area contributed by atoms with E-state index in [0.717, 1.165) is 12.4 Å². The molecule has 0 bridgehead atoms. The van der Waals surface area contributed by atoms with E-state index in [0.29, 0.717) is 65.8 Å². The Balaban J connectivity index is 1.59. The summed E-state index contributed by atoms with van der Waals surface area (Å²) in [7, 11) is 0. The highest BCUT2D eigenvalue weighted by Crippen LogP contribution is 2.36. The summed E-state index contributed by atoms with van der Waals surface area (Å²) in [5.74, 6) is 1.77. The third-order valence-corrected chi connectivity index (χ3v) is 7.22. The summed E-state index contributed by atoms with van der Waals surface area (Å²) < 4.78 is 7.56. The van der Waals surface area contributed by atoms with Gasteiger partial charge in [0.15, 0.2) is 22.8 Å². The normalized spacial score (nSPS) is 16.8. The number of anilines is 1. The molecular formula is C27H37ClN8O2. The fourth-order valence-corrected chi connectivity index (χ4v) is 5.53. The van der Waals surface area contributed by atoms with Crippen molar-refractivity contribution in [1.82, 2.24) is 34.4 Å². The van der Waals surface area contributed by atoms with Crippen LogP contribution in [0.4, 0.5) is 5.82 Å². The lowest BCUT2D eigenvalue weighted by atomic mass is 9.95. The standard InChI is InChI=1S/C27H37ClN8O2/c1-16-18(14-29-21(30-16)24(37)36(26(2,3)4)27(5,6)7)20-32-22(34-10-12-38-13-11-34)19-23(33-20)35(25(28)31-19)15-17-8-9-17/h14,17H,8-13,15H2,1-7H3. The first-order chi connectivity index (χ1) is 17.8. The highest BCUT2D eigenvalue weighted by Gasteiger charge is 2.37. The van der Waals surface area contributed by atoms with Crippen molar-refractivity contribution in [3.05, 3.63) is 23.0 Å². The van der Waals surface area contributed by atoms with E-state index in [1.807, 2.05) is 57.9 Å². The third kappa shape index (κ3) is 5.20. The van der Waals surface area contributed by atoms with E-state index in [1.165, 1.54) is 12.8 Å². The molecule has 3 aromatic rings. The van der Waals surface area contributed by atoms with Gasteiger partial charge in [0, 0.05) is 36.9 Å². The Bertz CT molecular complexity index is 1350. The largest absolute Gasteiger partial charge is 0.378 e. The van der Waals surface area contributed by atoms with Crippen LogP contribution in [0.1, 0.15) is 70.7 Å². The van der Waals surface area contributed by atoms with Gasteiger partial charge in [-0.05, 0) is 78.8 Å². The van der Waals surface area contributed by atoms with Crippen LogP contribution in [0.25, 0.3) is 22.6 Å². The Kier molecular flexibility index (Phi) is 6.84. The number of aryl methyl sites for hydroxylation is 1. The van der Waals surface area contributed by atoms with Crippen molar-refractivity contribution in [3.63, 3.8) is 0 Å². The molecule has 11 heteroatoms. The Morgan fingerprint density at radius 3 is 2.29 bits per heavy atom. The van der Waals surface area contributed by atoms with Gasteiger partial charge in [-0.15, -0.1) is 0 Å². The molecule has 0 spiro atoms. The molecule has 1 saturated heterocycles. The van der Waals surface area contributed by atoms with Crippen molar-refractivity contribution in [2.75, 3.05) is 31.2 Å². The van der Waals surface area contributed by atoms with E-state index in [1.54, 1.807) is 6.20 Å². The first-order valence-electron chi connectivity index (χ1n) is 13.3. The topological polar surface area (TPSA) is 102 Å². The van der Waals surface area contributed by atoms with Crippen molar-refractivity contribution in [1.29, 1.82) is 0 Å². The highest BCUT2D eigenvalue weighted by molar-refractivity contribution is 6.29. The monoisotopic (exact) mass is 540 g/mol. The summed E-state index contributed by atoms with van der Waals surface area (Å²) >= 11 is 6.61. The molecule has 4 heterocycles. The van der Waals surface area contributed by atoms with Crippen LogP contribution in [-0.2, 0) is 11.3 Å². The minimum Gasteiger partial charge on any atom is -0.378 e. The quantitative estimate of drug-likeness (QED) is 0.435. The molecule has 0 radical (unpaired) electrons. The van der Waals surface area contributed by atoms with Crippen molar-refractivity contribution in [2.45, 2.75) is 78.9 Å². The first kappa shape index (κ1) is 26.7. The number of carbonyl (C=O) groups excluding carboxylic acids is 1. The average Bonchev–Trinajstić information content (AvgIpc) is 3.60. The van der Waals surface area contributed by atoms with E-state index >= 15 is 0 Å². The van der Waals surface area contributed by atoms with Gasteiger partial charge in [0.2, 0.25) is 11.1 Å². The maximum atomic E-state index is 13.6. The zero-order valence-electron chi connectivity index (χ0n) is 23.4. The van der Waals surface area contributed by atoms with Gasteiger partial charge in [0.1, 0.15) is 0 Å². The van der Waals surface area contributed by atoms with Gasteiger partial charge in [-0.25, -0.2) is 24.9 Å². The van der Waals surface area contributed by atoms with E-state index in [2.05, 4.69) is 19.9 Å². The fraction of sp³-hybridized carbons (Fsp3) is 0.630. The van der Waals surface area contributed by atoms with Gasteiger partial charge < -0.3 is 14.5 Å². The molecular weight excluding hydrogens is 504 g/mol. The van der Waals surface area contributed by atoms with E-state index in [-0.39, 0.29) is 11.7 Å². The zero-order valence-corrected chi connectivity index (χ0v) is 24.1. The molecule has 10 nitrogen and oxygen atoms in total. The number of carbonyl (C=O) groups is 1. The Morgan fingerprint density at radius 2 is 1.71 bits per heavy atom. The van der Waals surface area contributed by atoms with Gasteiger partial charge in [0.25, 0.3) is 5.91 Å². The number of hydrogen-bond acceptors (Lipinski definition) is 8. The van der Waals surface area contributed by atoms with Gasteiger partial charge in [-0.2, -0.15) is 0 Å². The predicted molar refractivity (Wildman–Crippen MR) is 148 cm³/mol. The summed E-state index contributed by atoms with van der Waals surface area (Å²) in [5, 5.41) is 0.422. The van der Waals surface area contributed by atoms with Crippen molar-refractivity contribution < 1.29 is 9.53 Å². The molecule has 0 aromatic carbocycles. The SMILES string of the molecule is Cc1nc(C(=O)N(C(C)(C)C)C(C)(C)C)ncc1-c1nc(N2CCOCC2)c2nc(Cl)n(CC3CC3)c2n1. The highest BCUT2D eigenvalue weighted by atomic mass is 35.5. The lowest BCUT2D eigenvalue weighted by molar-refractivity contribution is 0.0258. The van der Waals surface area contributed by atoms with Crippen LogP contribution >= 0.6 is 11.6 Å². The maximum Gasteiger partial charge on any atom is 0.292 e. The number of morpholine rings is 1. The number of amides is 1. The number of fused-ring (bicyclic) bond motifs is 1. The number of hydrogen-bond donors (Lipinski definition) is 0. The summed E-state index contributed by atoms with van der Waals surface area (Å²) in [6.45, 7) is 17.4. The Morgan fingerprint density at radius 1 is 1.05 bits per heavy atom. The number of ether oxygens (including phenoxy) is 1. The lowest BCUT2D eigenvalue weighted by Gasteiger charge is -2.45. The number of nitrogens with zero attached hydrogens (tertiary/aromatic N) is 8. The van der Waals surface area contributed by atoms with E-state index < -0.39 is 11.1 Å². The number of aromatic nitrogens is 6. The molecule has 0 atom stereocenters. The molecule has 1 aliphatic heterocycles. The molecule has 38 heavy (non-hydrogen) atoms. The summed E-state index contributed by atoms with van der Waals surface area (Å²) in [5.41, 5.74) is 1.92. The van der Waals surface area contributed by atoms with Crippen molar-refractivity contribution in [2.24, 2.45) is 5.92 Å². The maximum absolute atomic E-state index is 13.6. The van der Waals surface area contributed by atoms with E-state index in [9.17, 15) is 4.79 Å². The van der Waals surface area contributed by atoms with Crippen LogP contribution in [-0.4, -0.2) is 77.7 Å². The summed E-state index contributed by atoms with van der Waals surface area (Å²) in [6.07, 6.45) is 4.03. The molecule has 1 aliphatic carbocycles. The molecule has 2 fully saturated rings. The molecule has 1 saturated carbocycles. The lowest BCUT2D eigenvalue weighted by Crippen LogP contribution is -2.56. The number of halogens is 1. The molecule has 204 valence electrons. The van der Waals surface area contributed by atoms with Crippen molar-refractivity contribution >= 4 is 34.5 Å². The van der Waals surface area contributed by atoms with Gasteiger partial charge in [-0.1, -0.05) is 0 Å². The molecule has 5 rings (SSSR count). The van der Waals surface area contributed by atoms with Gasteiger partial charge >= 0.3 is 0 Å². The smallest absolute Gasteiger partial charge is 0.292 e. The van der Waals surface area contributed by atoms with Crippen LogP contribution in [0.2, 0.25) is 5.28 Å². The molecule has 1 amide bonds. The Labute approximate surface area is 228 Å². The molecule has 0 N–H and O–H groups in total. The molecule has 2 aliphatic rings. The average molecular weight is 541 g/mol. The Hall–Kier alpha value is -2.85. The first-order valence-corrected chi connectivity index (χ1v) is 13.7. The minimum atomic E-state index is -0.397. The van der Waals surface area contributed by atoms with Crippen LogP contribution in [0.3, 0.4) is 0 Å². The molecule has 3 aromatic heterocycles. The number of rotatable bonds is 5. The second-order valence-electron chi connectivity index (χ2n) is 12.3. The van der Waals surface area contributed by atoms with Crippen LogP contribution in [0.15, 0.2) is 6.20 Å². The van der Waals surface area contributed by atoms with Crippen LogP contribution < -0.4 is 4.90 Å². The minimum absolute atomic E-state index is 0.160. The van der Waals surface area contributed by atoms with E-state index in [4.69, 9.17) is 26.3 Å². The number of imidazole rings is 1. The molecule has 0 unspecified atom stereocenters. The third-order valence-electron chi connectivity index (χ3n) is 6.93. The zero-order chi connectivity index (χ0) is 27.4. The summed E-state index contributed by atoms with van der Waals surface area (Å²) in [4.78, 5) is 41.2.